The monoisotopic (exact) mass is 282 g/mol. The Hall–Kier alpha value is -1.82. The topological polar surface area (TPSA) is 106 Å². The van der Waals surface area contributed by atoms with Gasteiger partial charge in [-0.3, -0.25) is 4.79 Å². The Morgan fingerprint density at radius 1 is 1.35 bits per heavy atom. The molecule has 1 heterocycles. The van der Waals surface area contributed by atoms with Crippen LogP contribution in [0, 0.1) is 5.41 Å². The van der Waals surface area contributed by atoms with E-state index in [0.29, 0.717) is 18.7 Å². The molecule has 6 heteroatoms. The van der Waals surface area contributed by atoms with Crippen molar-refractivity contribution < 1.29 is 19.1 Å². The summed E-state index contributed by atoms with van der Waals surface area (Å²) in [5.74, 6) is -0.898. The van der Waals surface area contributed by atoms with Crippen LogP contribution in [-0.4, -0.2) is 23.5 Å². The lowest BCUT2D eigenvalue weighted by Gasteiger charge is -2.23. The summed E-state index contributed by atoms with van der Waals surface area (Å²) in [4.78, 5) is 22.3. The third-order valence-electron chi connectivity index (χ3n) is 3.18. The van der Waals surface area contributed by atoms with E-state index >= 15 is 0 Å². The van der Waals surface area contributed by atoms with E-state index in [4.69, 9.17) is 15.3 Å². The van der Waals surface area contributed by atoms with Gasteiger partial charge in [-0.1, -0.05) is 13.8 Å². The highest BCUT2D eigenvalue weighted by atomic mass is 16.4. The molecule has 0 saturated heterocycles. The van der Waals surface area contributed by atoms with Gasteiger partial charge >= 0.3 is 5.97 Å². The number of amides is 1. The van der Waals surface area contributed by atoms with Crippen LogP contribution >= 0.6 is 0 Å². The van der Waals surface area contributed by atoms with Gasteiger partial charge in [-0.15, -0.1) is 0 Å². The molecular formula is C14H22N2O4. The molecule has 112 valence electrons. The van der Waals surface area contributed by atoms with Crippen LogP contribution in [-0.2, 0) is 11.3 Å². The van der Waals surface area contributed by atoms with Crippen molar-refractivity contribution in [2.75, 3.05) is 6.54 Å². The number of furan rings is 1. The van der Waals surface area contributed by atoms with E-state index in [9.17, 15) is 9.59 Å². The van der Waals surface area contributed by atoms with Crippen LogP contribution in [0.4, 0.5) is 0 Å². The minimum atomic E-state index is -1.12. The highest BCUT2D eigenvalue weighted by Crippen LogP contribution is 2.25. The highest BCUT2D eigenvalue weighted by molar-refractivity contribution is 5.84. The molecule has 0 atom stereocenters. The number of hydrogen-bond acceptors (Lipinski definition) is 4. The van der Waals surface area contributed by atoms with Crippen LogP contribution in [0.3, 0.4) is 0 Å². The van der Waals surface area contributed by atoms with Gasteiger partial charge in [-0.2, -0.15) is 0 Å². The number of nitrogens with two attached hydrogens (primary N) is 1. The third-order valence-corrected chi connectivity index (χ3v) is 3.18. The van der Waals surface area contributed by atoms with Crippen LogP contribution < -0.4 is 11.1 Å². The fourth-order valence-electron chi connectivity index (χ4n) is 1.83. The molecule has 4 N–H and O–H groups in total. The molecule has 0 bridgehead atoms. The zero-order chi connectivity index (χ0) is 15.2. The number of carboxylic acid groups (broad SMARTS) is 1. The van der Waals surface area contributed by atoms with Gasteiger partial charge in [-0.05, 0) is 36.9 Å². The standard InChI is InChI=1S/C14H22N2O4/c1-14(2,7-8-15)6-5-12(17)16-9-10-3-4-11(20-10)13(18)19/h3-4H,5-9,15H2,1-2H3,(H,16,17)(H,18,19). The molecule has 0 spiro atoms. The Morgan fingerprint density at radius 3 is 2.60 bits per heavy atom. The SMILES string of the molecule is CC(C)(CCN)CCC(=O)NCc1ccc(C(=O)O)o1. The van der Waals surface area contributed by atoms with Crippen molar-refractivity contribution >= 4 is 11.9 Å². The zero-order valence-corrected chi connectivity index (χ0v) is 11.9. The molecule has 0 aliphatic rings. The molecule has 0 radical (unpaired) electrons. The van der Waals surface area contributed by atoms with Crippen LogP contribution in [0.5, 0.6) is 0 Å². The van der Waals surface area contributed by atoms with Crippen LogP contribution in [0.2, 0.25) is 0 Å². The van der Waals surface area contributed by atoms with Crippen molar-refractivity contribution in [2.45, 2.75) is 39.7 Å². The summed E-state index contributed by atoms with van der Waals surface area (Å²) >= 11 is 0. The molecule has 1 aromatic heterocycles. The van der Waals surface area contributed by atoms with Crippen LogP contribution in [0.15, 0.2) is 16.5 Å². The van der Waals surface area contributed by atoms with Gasteiger partial charge in [0, 0.05) is 6.42 Å². The second-order valence-electron chi connectivity index (χ2n) is 5.55. The fraction of sp³-hybridized carbons (Fsp3) is 0.571. The van der Waals surface area contributed by atoms with E-state index in [1.165, 1.54) is 6.07 Å². The second kappa shape index (κ2) is 7.09. The molecular weight excluding hydrogens is 260 g/mol. The number of rotatable bonds is 8. The molecule has 6 nitrogen and oxygen atoms in total. The molecule has 1 amide bonds. The maximum absolute atomic E-state index is 11.7. The number of aromatic carboxylic acids is 1. The van der Waals surface area contributed by atoms with E-state index in [2.05, 4.69) is 19.2 Å². The maximum atomic E-state index is 11.7. The number of carbonyl (C=O) groups is 2. The van der Waals surface area contributed by atoms with Crippen LogP contribution in [0.1, 0.15) is 49.4 Å². The highest BCUT2D eigenvalue weighted by Gasteiger charge is 2.18. The Bertz CT molecular complexity index is 465. The molecule has 1 rings (SSSR count). The fourth-order valence-corrected chi connectivity index (χ4v) is 1.83. The van der Waals surface area contributed by atoms with Crippen molar-refractivity contribution in [2.24, 2.45) is 11.1 Å². The lowest BCUT2D eigenvalue weighted by Crippen LogP contribution is -2.25. The van der Waals surface area contributed by atoms with Gasteiger partial charge < -0.3 is 20.6 Å². The summed E-state index contributed by atoms with van der Waals surface area (Å²) in [7, 11) is 0. The quantitative estimate of drug-likeness (QED) is 0.673. The largest absolute Gasteiger partial charge is 0.475 e. The lowest BCUT2D eigenvalue weighted by atomic mass is 9.84. The first kappa shape index (κ1) is 16.2. The van der Waals surface area contributed by atoms with E-state index in [-0.39, 0.29) is 23.6 Å². The van der Waals surface area contributed by atoms with E-state index in [1.807, 2.05) is 0 Å². The Morgan fingerprint density at radius 2 is 2.05 bits per heavy atom. The molecule has 0 fully saturated rings. The van der Waals surface area contributed by atoms with Gasteiger partial charge in [0.1, 0.15) is 5.76 Å². The first-order chi connectivity index (χ1) is 9.34. The first-order valence-corrected chi connectivity index (χ1v) is 6.63. The predicted octanol–water partition coefficient (Wildman–Crippen LogP) is 1.75. The molecule has 1 aromatic rings. The molecule has 0 unspecified atom stereocenters. The van der Waals surface area contributed by atoms with E-state index in [0.717, 1.165) is 12.8 Å². The zero-order valence-electron chi connectivity index (χ0n) is 11.9. The maximum Gasteiger partial charge on any atom is 0.371 e. The summed E-state index contributed by atoms with van der Waals surface area (Å²) in [5.41, 5.74) is 5.57. The van der Waals surface area contributed by atoms with Crippen LogP contribution in [0.25, 0.3) is 0 Å². The third kappa shape index (κ3) is 5.44. The summed E-state index contributed by atoms with van der Waals surface area (Å²) in [5, 5.41) is 11.4. The normalized spacial score (nSPS) is 11.3. The summed E-state index contributed by atoms with van der Waals surface area (Å²) in [6.07, 6.45) is 2.05. The molecule has 0 aliphatic heterocycles. The van der Waals surface area contributed by atoms with Crippen molar-refractivity contribution in [3.63, 3.8) is 0 Å². The summed E-state index contributed by atoms with van der Waals surface area (Å²) in [6, 6.07) is 2.91. The molecule has 0 aliphatic carbocycles. The smallest absolute Gasteiger partial charge is 0.371 e. The predicted molar refractivity (Wildman–Crippen MR) is 74.2 cm³/mol. The summed E-state index contributed by atoms with van der Waals surface area (Å²) < 4.78 is 5.05. The Kier molecular flexibility index (Phi) is 5.76. The number of carboxylic acids is 1. The average molecular weight is 282 g/mol. The van der Waals surface area contributed by atoms with Gasteiger partial charge in [0.25, 0.3) is 0 Å². The van der Waals surface area contributed by atoms with Crippen molar-refractivity contribution in [1.82, 2.24) is 5.32 Å². The number of nitrogens with one attached hydrogen (secondary N) is 1. The van der Waals surface area contributed by atoms with E-state index in [1.54, 1.807) is 6.07 Å². The van der Waals surface area contributed by atoms with Crippen molar-refractivity contribution in [3.8, 4) is 0 Å². The number of hydrogen-bond donors (Lipinski definition) is 3. The lowest BCUT2D eigenvalue weighted by molar-refractivity contribution is -0.121. The van der Waals surface area contributed by atoms with Gasteiger partial charge in [-0.25, -0.2) is 4.79 Å². The summed E-state index contributed by atoms with van der Waals surface area (Å²) in [6.45, 7) is 4.97. The second-order valence-corrected chi connectivity index (χ2v) is 5.55. The van der Waals surface area contributed by atoms with Gasteiger partial charge in [0.15, 0.2) is 0 Å². The first-order valence-electron chi connectivity index (χ1n) is 6.63. The minimum absolute atomic E-state index is 0.0489. The van der Waals surface area contributed by atoms with Gasteiger partial charge in [0.2, 0.25) is 11.7 Å². The molecule has 20 heavy (non-hydrogen) atoms. The van der Waals surface area contributed by atoms with Crippen molar-refractivity contribution in [3.05, 3.63) is 23.7 Å². The van der Waals surface area contributed by atoms with Gasteiger partial charge in [0.05, 0.1) is 6.54 Å². The molecule has 0 aromatic carbocycles. The van der Waals surface area contributed by atoms with E-state index < -0.39 is 5.97 Å². The number of carbonyl (C=O) groups excluding carboxylic acids is 1. The van der Waals surface area contributed by atoms with Crippen molar-refractivity contribution in [1.29, 1.82) is 0 Å². The Labute approximate surface area is 118 Å². The minimum Gasteiger partial charge on any atom is -0.475 e. The Balaban J connectivity index is 2.34. The average Bonchev–Trinajstić information content (AvgIpc) is 2.83. The molecule has 0 saturated carbocycles.